The molecule has 0 radical (unpaired) electrons. The number of amides is 1. The van der Waals surface area contributed by atoms with Crippen LogP contribution in [0.3, 0.4) is 0 Å². The maximum Gasteiger partial charge on any atom is 0.409 e. The predicted molar refractivity (Wildman–Crippen MR) is 121 cm³/mol. The number of hydrogen-bond acceptors (Lipinski definition) is 7. The van der Waals surface area contributed by atoms with Gasteiger partial charge in [-0.3, -0.25) is 14.8 Å². The van der Waals surface area contributed by atoms with Gasteiger partial charge in [-0.2, -0.15) is 23.1 Å². The summed E-state index contributed by atoms with van der Waals surface area (Å²) in [6.45, 7) is 4.98. The summed E-state index contributed by atoms with van der Waals surface area (Å²) in [4.78, 5) is 17.3. The normalized spacial score (nSPS) is 16.4. The van der Waals surface area contributed by atoms with Crippen molar-refractivity contribution in [3.05, 3.63) is 66.9 Å². The van der Waals surface area contributed by atoms with Gasteiger partial charge in [-0.1, -0.05) is 12.6 Å². The first-order chi connectivity index (χ1) is 16.6. The molecule has 3 rings (SSSR count). The average Bonchev–Trinajstić information content (AvgIpc) is 3.51. The summed E-state index contributed by atoms with van der Waals surface area (Å²) in [5.41, 5.74) is 0.0159. The van der Waals surface area contributed by atoms with Crippen molar-refractivity contribution in [2.24, 2.45) is 4.99 Å². The van der Waals surface area contributed by atoms with Crippen LogP contribution in [0.1, 0.15) is 12.1 Å². The summed E-state index contributed by atoms with van der Waals surface area (Å²) in [6, 6.07) is 5.50. The highest BCUT2D eigenvalue weighted by Crippen LogP contribution is 2.26. The van der Waals surface area contributed by atoms with Gasteiger partial charge in [0.1, 0.15) is 5.69 Å². The van der Waals surface area contributed by atoms with Gasteiger partial charge in [0.15, 0.2) is 11.6 Å². The van der Waals surface area contributed by atoms with E-state index in [0.717, 1.165) is 6.42 Å². The molecule has 1 saturated heterocycles. The average molecular weight is 496 g/mol. The predicted octanol–water partition coefficient (Wildman–Crippen LogP) is 3.25. The number of carbonyl (C=O) groups excluding carboxylic acids is 1. The third-order valence-electron chi connectivity index (χ3n) is 4.97. The van der Waals surface area contributed by atoms with Crippen molar-refractivity contribution in [2.75, 3.05) is 37.7 Å². The van der Waals surface area contributed by atoms with Gasteiger partial charge in [-0.25, -0.2) is 9.51 Å². The van der Waals surface area contributed by atoms with Gasteiger partial charge in [-0.15, -0.1) is 0 Å². The number of alkyl halides is 3. The Morgan fingerprint density at radius 3 is 2.80 bits per heavy atom. The van der Waals surface area contributed by atoms with Crippen molar-refractivity contribution in [3.8, 4) is 5.75 Å². The van der Waals surface area contributed by atoms with Crippen molar-refractivity contribution in [1.82, 2.24) is 14.9 Å². The molecule has 0 bridgehead atoms. The number of benzene rings is 1. The van der Waals surface area contributed by atoms with Gasteiger partial charge in [0.2, 0.25) is 11.8 Å². The fraction of sp³-hybridized carbons (Fsp3) is 0.318. The van der Waals surface area contributed by atoms with Gasteiger partial charge in [0.25, 0.3) is 0 Å². The van der Waals surface area contributed by atoms with Crippen LogP contribution in [0.15, 0.2) is 60.4 Å². The third-order valence-corrected chi connectivity index (χ3v) is 4.97. The fourth-order valence-corrected chi connectivity index (χ4v) is 3.36. The minimum absolute atomic E-state index is 0.000350. The molecule has 1 unspecified atom stereocenters. The van der Waals surface area contributed by atoms with E-state index < -0.39 is 17.9 Å². The lowest BCUT2D eigenvalue weighted by Gasteiger charge is -2.36. The third kappa shape index (κ3) is 6.38. The van der Waals surface area contributed by atoms with E-state index >= 15 is 0 Å². The molecule has 1 atom stereocenters. The minimum Gasteiger partial charge on any atom is -0.434 e. The molecule has 2 heterocycles. The summed E-state index contributed by atoms with van der Waals surface area (Å²) in [5.74, 6) is -2.44. The number of aromatic nitrogens is 2. The molecular weight excluding hydrogens is 472 g/mol. The van der Waals surface area contributed by atoms with E-state index in [1.807, 2.05) is 5.01 Å². The SMILES string of the molecule is C=CN(C1CCOC1)N(C)n1nccc1/C(=N\C)Oc1cccc(NC(=O)/C=C/C(F)(F)F)c1F. The van der Waals surface area contributed by atoms with E-state index in [9.17, 15) is 22.4 Å². The second-order valence-corrected chi connectivity index (χ2v) is 7.29. The topological polar surface area (TPSA) is 84.2 Å². The van der Waals surface area contributed by atoms with E-state index in [-0.39, 0.29) is 35.5 Å². The fourth-order valence-electron chi connectivity index (χ4n) is 3.36. The molecule has 0 saturated carbocycles. The number of halogens is 4. The Kier molecular flexibility index (Phi) is 8.12. The number of rotatable bonds is 8. The number of anilines is 1. The smallest absolute Gasteiger partial charge is 0.409 e. The highest BCUT2D eigenvalue weighted by atomic mass is 19.4. The van der Waals surface area contributed by atoms with Gasteiger partial charge in [0, 0.05) is 39.1 Å². The van der Waals surface area contributed by atoms with E-state index in [0.29, 0.717) is 18.9 Å². The highest BCUT2D eigenvalue weighted by molar-refractivity contribution is 5.99. The highest BCUT2D eigenvalue weighted by Gasteiger charge is 2.27. The molecule has 13 heteroatoms. The molecule has 188 valence electrons. The second kappa shape index (κ2) is 11.0. The zero-order valence-corrected chi connectivity index (χ0v) is 19.0. The van der Waals surface area contributed by atoms with E-state index in [1.54, 1.807) is 24.4 Å². The number of nitrogens with one attached hydrogen (secondary N) is 1. The van der Waals surface area contributed by atoms with E-state index in [4.69, 9.17) is 9.47 Å². The van der Waals surface area contributed by atoms with Crippen molar-refractivity contribution < 1.29 is 31.8 Å². The van der Waals surface area contributed by atoms with Gasteiger partial charge in [-0.05, 0) is 24.6 Å². The molecule has 1 aromatic carbocycles. The molecule has 1 amide bonds. The Balaban J connectivity index is 1.81. The Morgan fingerprint density at radius 1 is 1.40 bits per heavy atom. The first-order valence-electron chi connectivity index (χ1n) is 10.4. The quantitative estimate of drug-likeness (QED) is 0.199. The monoisotopic (exact) mass is 496 g/mol. The molecule has 1 N–H and O–H groups in total. The maximum absolute atomic E-state index is 15.0. The summed E-state index contributed by atoms with van der Waals surface area (Å²) < 4.78 is 62.9. The van der Waals surface area contributed by atoms with Gasteiger partial charge >= 0.3 is 6.18 Å². The molecule has 35 heavy (non-hydrogen) atoms. The van der Waals surface area contributed by atoms with E-state index in [2.05, 4.69) is 22.0 Å². The molecule has 0 spiro atoms. The molecule has 2 aromatic rings. The van der Waals surface area contributed by atoms with Crippen molar-refractivity contribution in [1.29, 1.82) is 0 Å². The van der Waals surface area contributed by atoms with Gasteiger partial charge in [0.05, 0.1) is 24.5 Å². The maximum atomic E-state index is 15.0. The first kappa shape index (κ1) is 25.7. The lowest BCUT2D eigenvalue weighted by molar-refractivity contribution is -0.112. The largest absolute Gasteiger partial charge is 0.434 e. The number of carbonyl (C=O) groups is 1. The zero-order valence-electron chi connectivity index (χ0n) is 19.0. The molecule has 1 aromatic heterocycles. The standard InChI is InChI=1S/C22H24F4N6O3/c1-4-31(15-10-13-34-14-15)30(3)32-17(9-12-28-32)21(27-2)35-18-7-5-6-16(20(18)23)29-19(33)8-11-22(24,25)26/h4-9,11-12,15H,1,10,13-14H2,2-3H3,(H,29,33)/b11-8+,27-21+. The van der Waals surface area contributed by atoms with Crippen LogP contribution >= 0.6 is 0 Å². The number of hydrogen-bond donors (Lipinski definition) is 1. The van der Waals surface area contributed by atoms with Crippen molar-refractivity contribution in [2.45, 2.75) is 18.6 Å². The molecule has 1 fully saturated rings. The summed E-state index contributed by atoms with van der Waals surface area (Å²) in [5, 5.41) is 9.86. The number of nitrogens with zero attached hydrogens (tertiary/aromatic N) is 5. The molecule has 1 aliphatic heterocycles. The Morgan fingerprint density at radius 2 is 2.17 bits per heavy atom. The minimum atomic E-state index is -4.67. The Hall–Kier alpha value is -3.87. The van der Waals surface area contributed by atoms with Crippen LogP contribution in [0.5, 0.6) is 5.75 Å². The lowest BCUT2D eigenvalue weighted by Crippen LogP contribution is -2.51. The zero-order chi connectivity index (χ0) is 25.6. The number of ether oxygens (including phenoxy) is 2. The van der Waals surface area contributed by atoms with Crippen LogP contribution < -0.4 is 15.2 Å². The summed E-state index contributed by atoms with van der Waals surface area (Å²) >= 11 is 0. The van der Waals surface area contributed by atoms with Crippen LogP contribution in [0, 0.1) is 5.82 Å². The van der Waals surface area contributed by atoms with Crippen LogP contribution in [-0.2, 0) is 9.53 Å². The first-order valence-corrected chi connectivity index (χ1v) is 10.4. The summed E-state index contributed by atoms with van der Waals surface area (Å²) in [7, 11) is 3.18. The summed E-state index contributed by atoms with van der Waals surface area (Å²) in [6.07, 6.45) is -0.721. The van der Waals surface area contributed by atoms with Crippen LogP contribution in [0.2, 0.25) is 0 Å². The molecule has 9 nitrogen and oxygen atoms in total. The molecule has 0 aliphatic carbocycles. The van der Waals surface area contributed by atoms with Crippen LogP contribution in [-0.4, -0.2) is 66.2 Å². The second-order valence-electron chi connectivity index (χ2n) is 7.29. The number of aliphatic imine (C=N–C) groups is 1. The van der Waals surface area contributed by atoms with Crippen molar-refractivity contribution >= 4 is 17.5 Å². The van der Waals surface area contributed by atoms with Crippen LogP contribution in [0.25, 0.3) is 0 Å². The number of allylic oxidation sites excluding steroid dienone is 1. The molecular formula is C22H24F4N6O3. The van der Waals surface area contributed by atoms with Gasteiger partial charge < -0.3 is 14.8 Å². The molecule has 1 aliphatic rings. The Bertz CT molecular complexity index is 1110. The number of hydrazine groups is 1. The van der Waals surface area contributed by atoms with Crippen molar-refractivity contribution in [3.63, 3.8) is 0 Å². The Labute approximate surface area is 198 Å². The van der Waals surface area contributed by atoms with E-state index in [1.165, 1.54) is 36.2 Å². The lowest BCUT2D eigenvalue weighted by atomic mass is 10.2. The van der Waals surface area contributed by atoms with Crippen LogP contribution in [0.4, 0.5) is 23.2 Å².